The maximum atomic E-state index is 9.81. The van der Waals surface area contributed by atoms with Gasteiger partial charge in [0.05, 0.1) is 0 Å². The fourth-order valence-electron chi connectivity index (χ4n) is 3.58. The molecule has 3 rings (SSSR count). The summed E-state index contributed by atoms with van der Waals surface area (Å²) < 4.78 is 0. The average Bonchev–Trinajstić information content (AvgIpc) is 2.44. The Bertz CT molecular complexity index is 592. The first kappa shape index (κ1) is 13.0. The molecule has 104 valence electrons. The summed E-state index contributed by atoms with van der Waals surface area (Å²) in [5.74, 6) is 1.24. The Morgan fingerprint density at radius 1 is 0.700 bits per heavy atom. The number of rotatable bonds is 2. The Labute approximate surface area is 119 Å². The topological polar surface area (TPSA) is 40.5 Å². The molecule has 0 saturated carbocycles. The van der Waals surface area contributed by atoms with E-state index in [0.29, 0.717) is 17.4 Å². The monoisotopic (exact) mass is 268 g/mol. The summed E-state index contributed by atoms with van der Waals surface area (Å²) in [6.07, 6.45) is 1.98. The first-order valence-corrected chi connectivity index (χ1v) is 7.31. The Morgan fingerprint density at radius 3 is 1.50 bits per heavy atom. The zero-order valence-electron chi connectivity index (χ0n) is 11.9. The second kappa shape index (κ2) is 4.86. The van der Waals surface area contributed by atoms with Crippen molar-refractivity contribution in [2.75, 3.05) is 0 Å². The van der Waals surface area contributed by atoms with Crippen molar-refractivity contribution in [1.29, 1.82) is 0 Å². The lowest BCUT2D eigenvalue weighted by atomic mass is 9.71. The highest BCUT2D eigenvalue weighted by Crippen LogP contribution is 2.47. The van der Waals surface area contributed by atoms with Crippen LogP contribution in [0.4, 0.5) is 0 Å². The summed E-state index contributed by atoms with van der Waals surface area (Å²) in [5.41, 5.74) is 5.04. The molecule has 0 amide bonds. The molecule has 1 aliphatic carbocycles. The van der Waals surface area contributed by atoms with Crippen molar-refractivity contribution < 1.29 is 10.2 Å². The van der Waals surface area contributed by atoms with Gasteiger partial charge in [0.1, 0.15) is 11.5 Å². The van der Waals surface area contributed by atoms with Crippen molar-refractivity contribution in [1.82, 2.24) is 0 Å². The van der Waals surface area contributed by atoms with Crippen LogP contribution in [0, 0.1) is 0 Å². The highest BCUT2D eigenvalue weighted by molar-refractivity contribution is 5.55. The van der Waals surface area contributed by atoms with Crippen LogP contribution in [-0.2, 0) is 0 Å². The number of aromatic hydroxyl groups is 2. The van der Waals surface area contributed by atoms with E-state index in [1.807, 2.05) is 12.1 Å². The van der Waals surface area contributed by atoms with Gasteiger partial charge in [-0.15, -0.1) is 0 Å². The molecule has 1 aliphatic rings. The van der Waals surface area contributed by atoms with Crippen LogP contribution in [0.5, 0.6) is 11.5 Å². The van der Waals surface area contributed by atoms with Crippen molar-refractivity contribution in [3.63, 3.8) is 0 Å². The molecule has 0 aliphatic heterocycles. The molecule has 0 spiro atoms. The van der Waals surface area contributed by atoms with Gasteiger partial charge in [-0.1, -0.05) is 26.0 Å². The maximum Gasteiger partial charge on any atom is 0.115 e. The van der Waals surface area contributed by atoms with Crippen LogP contribution in [-0.4, -0.2) is 10.2 Å². The molecule has 0 atom stereocenters. The van der Waals surface area contributed by atoms with Gasteiger partial charge in [-0.25, -0.2) is 0 Å². The van der Waals surface area contributed by atoms with Crippen molar-refractivity contribution in [3.05, 3.63) is 58.7 Å². The van der Waals surface area contributed by atoms with Gasteiger partial charge in [-0.2, -0.15) is 0 Å². The molecule has 0 bridgehead atoms. The third-order valence-corrected chi connectivity index (χ3v) is 4.46. The Balaban J connectivity index is 2.27. The standard InChI is InChI=1S/C18H20O2/c1-3-13-15-7-5-11(19)9-17(15)14(4-2)18-10-12(20)6-8-16(13)18/h5-10,13-14,19-20H,3-4H2,1-2H3. The van der Waals surface area contributed by atoms with E-state index in [4.69, 9.17) is 0 Å². The Hall–Kier alpha value is -1.96. The molecular formula is C18H20O2. The van der Waals surface area contributed by atoms with Crippen LogP contribution in [0.1, 0.15) is 60.8 Å². The molecule has 0 saturated heterocycles. The Morgan fingerprint density at radius 2 is 1.10 bits per heavy atom. The molecule has 0 fully saturated rings. The summed E-state index contributed by atoms with van der Waals surface area (Å²) in [6.45, 7) is 4.34. The number of phenolic OH excluding ortho intramolecular Hbond substituents is 2. The van der Waals surface area contributed by atoms with Gasteiger partial charge in [0.2, 0.25) is 0 Å². The zero-order valence-corrected chi connectivity index (χ0v) is 11.9. The fourth-order valence-corrected chi connectivity index (χ4v) is 3.58. The lowest BCUT2D eigenvalue weighted by Gasteiger charge is -2.33. The van der Waals surface area contributed by atoms with E-state index in [0.717, 1.165) is 12.8 Å². The van der Waals surface area contributed by atoms with Gasteiger partial charge < -0.3 is 10.2 Å². The van der Waals surface area contributed by atoms with Gasteiger partial charge >= 0.3 is 0 Å². The van der Waals surface area contributed by atoms with Crippen molar-refractivity contribution in [2.45, 2.75) is 38.5 Å². The first-order valence-electron chi connectivity index (χ1n) is 7.31. The molecule has 2 aromatic carbocycles. The summed E-state index contributed by atoms with van der Waals surface area (Å²) >= 11 is 0. The van der Waals surface area contributed by atoms with Gasteiger partial charge in [0.25, 0.3) is 0 Å². The van der Waals surface area contributed by atoms with Crippen molar-refractivity contribution >= 4 is 0 Å². The Kier molecular flexibility index (Phi) is 3.17. The molecule has 0 heterocycles. The number of hydrogen-bond donors (Lipinski definition) is 2. The minimum absolute atomic E-state index is 0.252. The van der Waals surface area contributed by atoms with Crippen molar-refractivity contribution in [2.24, 2.45) is 0 Å². The summed E-state index contributed by atoms with van der Waals surface area (Å²) in [4.78, 5) is 0. The number of phenols is 2. The summed E-state index contributed by atoms with van der Waals surface area (Å²) in [6, 6.07) is 11.4. The molecular weight excluding hydrogens is 248 g/mol. The van der Waals surface area contributed by atoms with Crippen LogP contribution in [0.25, 0.3) is 0 Å². The lowest BCUT2D eigenvalue weighted by molar-refractivity contribution is 0.470. The minimum Gasteiger partial charge on any atom is -0.508 e. The third kappa shape index (κ3) is 1.87. The number of hydrogen-bond acceptors (Lipinski definition) is 2. The molecule has 2 nitrogen and oxygen atoms in total. The fraction of sp³-hybridized carbons (Fsp3) is 0.333. The smallest absolute Gasteiger partial charge is 0.115 e. The molecule has 20 heavy (non-hydrogen) atoms. The quantitative estimate of drug-likeness (QED) is 0.842. The van der Waals surface area contributed by atoms with Crippen LogP contribution in [0.3, 0.4) is 0 Å². The van der Waals surface area contributed by atoms with Crippen LogP contribution in [0.2, 0.25) is 0 Å². The van der Waals surface area contributed by atoms with E-state index in [1.165, 1.54) is 22.3 Å². The number of benzene rings is 2. The molecule has 0 radical (unpaired) electrons. The summed E-state index contributed by atoms with van der Waals surface area (Å²) in [5, 5.41) is 19.6. The van der Waals surface area contributed by atoms with Crippen molar-refractivity contribution in [3.8, 4) is 11.5 Å². The molecule has 2 aromatic rings. The summed E-state index contributed by atoms with van der Waals surface area (Å²) in [7, 11) is 0. The zero-order chi connectivity index (χ0) is 14.3. The van der Waals surface area contributed by atoms with E-state index in [1.54, 1.807) is 12.1 Å². The van der Waals surface area contributed by atoms with E-state index in [-0.39, 0.29) is 5.92 Å². The molecule has 0 aromatic heterocycles. The van der Waals surface area contributed by atoms with Crippen LogP contribution < -0.4 is 0 Å². The van der Waals surface area contributed by atoms with E-state index < -0.39 is 0 Å². The minimum atomic E-state index is 0.252. The predicted molar refractivity (Wildman–Crippen MR) is 80.5 cm³/mol. The number of fused-ring (bicyclic) bond motifs is 2. The highest BCUT2D eigenvalue weighted by atomic mass is 16.3. The maximum absolute atomic E-state index is 9.81. The second-order valence-electron chi connectivity index (χ2n) is 5.55. The lowest BCUT2D eigenvalue weighted by Crippen LogP contribution is -2.17. The largest absolute Gasteiger partial charge is 0.508 e. The van der Waals surface area contributed by atoms with Crippen LogP contribution in [0.15, 0.2) is 36.4 Å². The third-order valence-electron chi connectivity index (χ3n) is 4.46. The molecule has 2 N–H and O–H groups in total. The van der Waals surface area contributed by atoms with E-state index >= 15 is 0 Å². The highest BCUT2D eigenvalue weighted by Gasteiger charge is 2.30. The molecule has 2 heteroatoms. The van der Waals surface area contributed by atoms with Gasteiger partial charge in [-0.05, 0) is 59.4 Å². The van der Waals surface area contributed by atoms with Gasteiger partial charge in [0, 0.05) is 11.8 Å². The van der Waals surface area contributed by atoms with E-state index in [9.17, 15) is 10.2 Å². The second-order valence-corrected chi connectivity index (χ2v) is 5.55. The van der Waals surface area contributed by atoms with Gasteiger partial charge in [-0.3, -0.25) is 0 Å². The van der Waals surface area contributed by atoms with Crippen LogP contribution >= 0.6 is 0 Å². The first-order chi connectivity index (χ1) is 9.65. The molecule has 0 unspecified atom stereocenters. The predicted octanol–water partition coefficient (Wildman–Crippen LogP) is 4.50. The van der Waals surface area contributed by atoms with Gasteiger partial charge in [0.15, 0.2) is 0 Å². The SMILES string of the molecule is CCC1c2ccc(O)cc2C(CC)c2cc(O)ccc21. The average molecular weight is 268 g/mol. The van der Waals surface area contributed by atoms with E-state index in [2.05, 4.69) is 26.0 Å². The normalized spacial score (nSPS) is 20.3.